The van der Waals surface area contributed by atoms with Crippen LogP contribution < -0.4 is 0 Å². The first-order valence-electron chi connectivity index (χ1n) is 8.31. The first-order valence-corrected chi connectivity index (χ1v) is 8.31. The van der Waals surface area contributed by atoms with Gasteiger partial charge >= 0.3 is 0 Å². The molecule has 1 heteroatoms. The first kappa shape index (κ1) is 15.8. The maximum atomic E-state index is 2.74. The summed E-state index contributed by atoms with van der Waals surface area (Å²) >= 11 is 0. The molecular weight excluding hydrogens is 242 g/mol. The molecule has 1 saturated carbocycles. The highest BCUT2D eigenvalue weighted by Gasteiger charge is 2.59. The molecule has 2 unspecified atom stereocenters. The molecule has 1 heterocycles. The number of allylic oxidation sites excluding steroid dienone is 3. The highest BCUT2D eigenvalue weighted by molar-refractivity contribution is 5.15. The van der Waals surface area contributed by atoms with Crippen LogP contribution in [-0.4, -0.2) is 23.5 Å². The van der Waals surface area contributed by atoms with Gasteiger partial charge in [0, 0.05) is 18.6 Å². The Morgan fingerprint density at radius 2 is 1.85 bits per heavy atom. The Morgan fingerprint density at radius 3 is 2.35 bits per heavy atom. The van der Waals surface area contributed by atoms with Gasteiger partial charge in [-0.1, -0.05) is 37.1 Å². The normalized spacial score (nSPS) is 32.7. The Morgan fingerprint density at radius 1 is 1.15 bits per heavy atom. The van der Waals surface area contributed by atoms with Crippen LogP contribution >= 0.6 is 0 Å². The number of hydrogen-bond donors (Lipinski definition) is 0. The Balaban J connectivity index is 1.91. The molecule has 1 saturated heterocycles. The van der Waals surface area contributed by atoms with Crippen molar-refractivity contribution in [2.24, 2.45) is 11.3 Å². The van der Waals surface area contributed by atoms with E-state index < -0.39 is 0 Å². The molecule has 2 fully saturated rings. The Bertz CT molecular complexity index is 411. The van der Waals surface area contributed by atoms with E-state index in [0.29, 0.717) is 11.0 Å². The predicted molar refractivity (Wildman–Crippen MR) is 88.9 cm³/mol. The van der Waals surface area contributed by atoms with Crippen LogP contribution in [0.25, 0.3) is 0 Å². The lowest BCUT2D eigenvalue weighted by atomic mass is 9.75. The van der Waals surface area contributed by atoms with Gasteiger partial charge in [-0.3, -0.25) is 4.90 Å². The van der Waals surface area contributed by atoms with E-state index in [4.69, 9.17) is 0 Å². The number of likely N-dealkylation sites (tertiary alicyclic amines) is 1. The molecule has 1 aliphatic heterocycles. The van der Waals surface area contributed by atoms with Crippen molar-refractivity contribution in [2.45, 2.75) is 72.8 Å². The van der Waals surface area contributed by atoms with E-state index in [2.05, 4.69) is 58.6 Å². The summed E-state index contributed by atoms with van der Waals surface area (Å²) in [6, 6.07) is 0. The highest BCUT2D eigenvalue weighted by Crippen LogP contribution is 2.58. The van der Waals surface area contributed by atoms with E-state index >= 15 is 0 Å². The summed E-state index contributed by atoms with van der Waals surface area (Å²) in [6.45, 7) is 16.6. The van der Waals surface area contributed by atoms with Gasteiger partial charge in [-0.15, -0.1) is 0 Å². The van der Waals surface area contributed by atoms with Crippen LogP contribution in [0.4, 0.5) is 0 Å². The molecule has 2 bridgehead atoms. The van der Waals surface area contributed by atoms with Gasteiger partial charge in [0.05, 0.1) is 0 Å². The second-order valence-corrected chi connectivity index (χ2v) is 8.01. The van der Waals surface area contributed by atoms with Crippen LogP contribution in [0.1, 0.15) is 67.2 Å². The SMILES string of the molecule is CC(C)=CCC/C(C)=C/CN1CC2CCC1(C)C2(C)C. The van der Waals surface area contributed by atoms with Crippen molar-refractivity contribution in [2.75, 3.05) is 13.1 Å². The van der Waals surface area contributed by atoms with Gasteiger partial charge in [0.15, 0.2) is 0 Å². The number of nitrogens with zero attached hydrogens (tertiary/aromatic N) is 1. The summed E-state index contributed by atoms with van der Waals surface area (Å²) in [5.41, 5.74) is 3.90. The van der Waals surface area contributed by atoms with Crippen molar-refractivity contribution in [3.8, 4) is 0 Å². The van der Waals surface area contributed by atoms with E-state index in [1.165, 1.54) is 37.8 Å². The number of hydrogen-bond acceptors (Lipinski definition) is 1. The average molecular weight is 275 g/mol. The van der Waals surface area contributed by atoms with E-state index in [9.17, 15) is 0 Å². The maximum Gasteiger partial charge on any atom is 0.0239 e. The highest BCUT2D eigenvalue weighted by atomic mass is 15.3. The zero-order valence-corrected chi connectivity index (χ0v) is 14.4. The summed E-state index contributed by atoms with van der Waals surface area (Å²) in [5.74, 6) is 0.909. The molecule has 0 aromatic carbocycles. The fourth-order valence-electron chi connectivity index (χ4n) is 4.16. The second kappa shape index (κ2) is 5.67. The number of piperidine rings is 1. The lowest BCUT2D eigenvalue weighted by Gasteiger charge is -2.41. The molecule has 1 nitrogen and oxygen atoms in total. The van der Waals surface area contributed by atoms with Crippen LogP contribution in [0, 0.1) is 11.3 Å². The molecule has 114 valence electrons. The van der Waals surface area contributed by atoms with Gasteiger partial charge in [0.25, 0.3) is 0 Å². The molecule has 2 atom stereocenters. The third kappa shape index (κ3) is 2.74. The Labute approximate surface area is 126 Å². The van der Waals surface area contributed by atoms with Gasteiger partial charge < -0.3 is 0 Å². The maximum absolute atomic E-state index is 2.74. The predicted octanol–water partition coefficient (Wildman–Crippen LogP) is 5.19. The minimum atomic E-state index is 0.425. The van der Waals surface area contributed by atoms with Crippen LogP contribution in [0.5, 0.6) is 0 Å². The topological polar surface area (TPSA) is 3.24 Å². The number of rotatable bonds is 5. The van der Waals surface area contributed by atoms with Gasteiger partial charge in [-0.25, -0.2) is 0 Å². The lowest BCUT2D eigenvalue weighted by Crippen LogP contribution is -2.47. The fourth-order valence-corrected chi connectivity index (χ4v) is 4.16. The molecule has 0 aromatic heterocycles. The van der Waals surface area contributed by atoms with Crippen molar-refractivity contribution in [3.63, 3.8) is 0 Å². The first-order chi connectivity index (χ1) is 9.27. The van der Waals surface area contributed by atoms with Gasteiger partial charge in [-0.05, 0) is 64.7 Å². The quantitative estimate of drug-likeness (QED) is 0.624. The van der Waals surface area contributed by atoms with Crippen LogP contribution in [0.3, 0.4) is 0 Å². The summed E-state index contributed by atoms with van der Waals surface area (Å²) in [6.07, 6.45) is 10.0. The molecule has 0 aromatic rings. The minimum Gasteiger partial charge on any atom is -0.293 e. The van der Waals surface area contributed by atoms with Crippen LogP contribution in [0.15, 0.2) is 23.3 Å². The van der Waals surface area contributed by atoms with Crippen molar-refractivity contribution < 1.29 is 0 Å². The van der Waals surface area contributed by atoms with Gasteiger partial charge in [0.2, 0.25) is 0 Å². The molecule has 0 amide bonds. The van der Waals surface area contributed by atoms with E-state index in [-0.39, 0.29) is 0 Å². The summed E-state index contributed by atoms with van der Waals surface area (Å²) in [4.78, 5) is 2.74. The third-order valence-corrected chi connectivity index (χ3v) is 6.28. The Hall–Kier alpha value is -0.560. The van der Waals surface area contributed by atoms with Gasteiger partial charge in [0.1, 0.15) is 0 Å². The van der Waals surface area contributed by atoms with Crippen LogP contribution in [-0.2, 0) is 0 Å². The van der Waals surface area contributed by atoms with Crippen molar-refractivity contribution in [3.05, 3.63) is 23.3 Å². The molecule has 20 heavy (non-hydrogen) atoms. The standard InChI is InChI=1S/C19H33N/c1-15(2)8-7-9-16(3)11-13-20-14-17-10-12-19(20,6)18(17,4)5/h8,11,17H,7,9-10,12-14H2,1-6H3/b16-11+. The van der Waals surface area contributed by atoms with Crippen molar-refractivity contribution >= 4 is 0 Å². The van der Waals surface area contributed by atoms with E-state index in [1.807, 2.05) is 0 Å². The molecule has 2 aliphatic rings. The average Bonchev–Trinajstić information content (AvgIpc) is 2.68. The number of fused-ring (bicyclic) bond motifs is 2. The molecule has 0 N–H and O–H groups in total. The zero-order valence-electron chi connectivity index (χ0n) is 14.4. The monoisotopic (exact) mass is 275 g/mol. The van der Waals surface area contributed by atoms with Crippen LogP contribution in [0.2, 0.25) is 0 Å². The smallest absolute Gasteiger partial charge is 0.0239 e. The van der Waals surface area contributed by atoms with E-state index in [1.54, 1.807) is 5.57 Å². The summed E-state index contributed by atoms with van der Waals surface area (Å²) < 4.78 is 0. The van der Waals surface area contributed by atoms with E-state index in [0.717, 1.165) is 12.5 Å². The van der Waals surface area contributed by atoms with Crippen molar-refractivity contribution in [1.82, 2.24) is 4.90 Å². The molecular formula is C19H33N. The molecule has 0 radical (unpaired) electrons. The molecule has 1 aliphatic carbocycles. The third-order valence-electron chi connectivity index (χ3n) is 6.28. The Kier molecular flexibility index (Phi) is 4.49. The second-order valence-electron chi connectivity index (χ2n) is 8.01. The fraction of sp³-hybridized carbons (Fsp3) is 0.789. The van der Waals surface area contributed by atoms with Crippen molar-refractivity contribution in [1.29, 1.82) is 0 Å². The minimum absolute atomic E-state index is 0.425. The summed E-state index contributed by atoms with van der Waals surface area (Å²) in [7, 11) is 0. The van der Waals surface area contributed by atoms with Gasteiger partial charge in [-0.2, -0.15) is 0 Å². The molecule has 2 rings (SSSR count). The molecule has 0 spiro atoms. The largest absolute Gasteiger partial charge is 0.293 e. The zero-order chi connectivity index (χ0) is 15.0. The lowest BCUT2D eigenvalue weighted by molar-refractivity contribution is 0.0931. The summed E-state index contributed by atoms with van der Waals surface area (Å²) in [5, 5.41) is 0.